The number of carbonyl (C=O) groups is 1. The maximum atomic E-state index is 13.2. The average molecular weight is 502 g/mol. The van der Waals surface area contributed by atoms with E-state index in [-0.39, 0.29) is 29.5 Å². The lowest BCUT2D eigenvalue weighted by Gasteiger charge is -2.40. The van der Waals surface area contributed by atoms with Crippen molar-refractivity contribution in [3.63, 3.8) is 0 Å². The fourth-order valence-corrected chi connectivity index (χ4v) is 4.99. The number of sulfone groups is 1. The Hall–Kier alpha value is -2.60. The van der Waals surface area contributed by atoms with Crippen LogP contribution in [0.4, 0.5) is 18.0 Å². The number of alkyl halides is 3. The van der Waals surface area contributed by atoms with Crippen molar-refractivity contribution >= 4 is 15.9 Å². The first-order valence-electron chi connectivity index (χ1n) is 10.9. The highest BCUT2D eigenvalue weighted by molar-refractivity contribution is 7.89. The first-order valence-corrected chi connectivity index (χ1v) is 13.0. The number of aromatic nitrogens is 1. The van der Waals surface area contributed by atoms with Gasteiger partial charge < -0.3 is 19.0 Å². The van der Waals surface area contributed by atoms with Crippen LogP contribution in [-0.4, -0.2) is 74.9 Å². The number of hydrogen-bond donors (Lipinski definition) is 0. The molecule has 8 nitrogen and oxygen atoms in total. The molecule has 12 heteroatoms. The van der Waals surface area contributed by atoms with Gasteiger partial charge in [-0.1, -0.05) is 12.1 Å². The number of oxazole rings is 1. The Morgan fingerprint density at radius 1 is 1.09 bits per heavy atom. The molecule has 2 aromatic rings. The van der Waals surface area contributed by atoms with Crippen molar-refractivity contribution in [2.75, 3.05) is 45.6 Å². The maximum absolute atomic E-state index is 13.2. The van der Waals surface area contributed by atoms with Crippen LogP contribution in [0.25, 0.3) is 0 Å². The SMILES string of the molecule is CS(=O)(=O)Cc1nc(C2CC(c3ccc(C(F)(F)F)cc3)CN(C(=O)N3CCOCC3)C2)co1. The molecular formula is C22H26F3N3O5S. The summed E-state index contributed by atoms with van der Waals surface area (Å²) in [6.45, 7) is 2.53. The van der Waals surface area contributed by atoms with E-state index in [0.29, 0.717) is 57.1 Å². The molecule has 0 saturated carbocycles. The van der Waals surface area contributed by atoms with Crippen molar-refractivity contribution in [1.29, 1.82) is 0 Å². The van der Waals surface area contributed by atoms with Gasteiger partial charge in [0.25, 0.3) is 0 Å². The lowest BCUT2D eigenvalue weighted by Crippen LogP contribution is -2.52. The topological polar surface area (TPSA) is 93.0 Å². The highest BCUT2D eigenvalue weighted by atomic mass is 32.2. The lowest BCUT2D eigenvalue weighted by molar-refractivity contribution is -0.137. The van der Waals surface area contributed by atoms with E-state index in [1.807, 2.05) is 0 Å². The van der Waals surface area contributed by atoms with Crippen molar-refractivity contribution in [2.45, 2.75) is 30.2 Å². The predicted molar refractivity (Wildman–Crippen MR) is 116 cm³/mol. The number of ether oxygens (including phenoxy) is 1. The summed E-state index contributed by atoms with van der Waals surface area (Å²) >= 11 is 0. The number of amides is 2. The third-order valence-electron chi connectivity index (χ3n) is 6.09. The molecule has 186 valence electrons. The molecule has 0 aliphatic carbocycles. The number of hydrogen-bond acceptors (Lipinski definition) is 6. The van der Waals surface area contributed by atoms with Gasteiger partial charge in [-0.3, -0.25) is 0 Å². The van der Waals surface area contributed by atoms with Crippen LogP contribution in [-0.2, 0) is 26.5 Å². The molecule has 3 heterocycles. The summed E-state index contributed by atoms with van der Waals surface area (Å²) in [5.74, 6) is -0.747. The zero-order valence-corrected chi connectivity index (χ0v) is 19.4. The van der Waals surface area contributed by atoms with Gasteiger partial charge in [-0.15, -0.1) is 0 Å². The van der Waals surface area contributed by atoms with Crippen molar-refractivity contribution in [2.24, 2.45) is 0 Å². The molecule has 1 aromatic heterocycles. The van der Waals surface area contributed by atoms with Gasteiger partial charge in [-0.2, -0.15) is 13.2 Å². The summed E-state index contributed by atoms with van der Waals surface area (Å²) in [6.07, 6.45) is -1.41. The summed E-state index contributed by atoms with van der Waals surface area (Å²) in [5, 5.41) is 0. The number of rotatable bonds is 4. The summed E-state index contributed by atoms with van der Waals surface area (Å²) in [7, 11) is -3.33. The zero-order chi connectivity index (χ0) is 24.5. The van der Waals surface area contributed by atoms with E-state index in [2.05, 4.69) is 4.98 Å². The minimum atomic E-state index is -4.43. The van der Waals surface area contributed by atoms with E-state index in [0.717, 1.165) is 18.4 Å². The summed E-state index contributed by atoms with van der Waals surface area (Å²) in [6, 6.07) is 4.83. The summed E-state index contributed by atoms with van der Waals surface area (Å²) in [5.41, 5.74) is 0.485. The second-order valence-corrected chi connectivity index (χ2v) is 10.9. The largest absolute Gasteiger partial charge is 0.448 e. The number of carbonyl (C=O) groups excluding carboxylic acids is 1. The molecule has 0 spiro atoms. The van der Waals surface area contributed by atoms with E-state index in [4.69, 9.17) is 9.15 Å². The fourth-order valence-electron chi connectivity index (χ4n) is 4.41. The van der Waals surface area contributed by atoms with Gasteiger partial charge in [0, 0.05) is 44.3 Å². The molecule has 2 aliphatic heterocycles. The molecule has 2 unspecified atom stereocenters. The number of likely N-dealkylation sites (tertiary alicyclic amines) is 1. The molecule has 1 aromatic carbocycles. The first-order chi connectivity index (χ1) is 16.0. The molecule has 2 aliphatic rings. The van der Waals surface area contributed by atoms with Gasteiger partial charge in [-0.05, 0) is 24.1 Å². The molecule has 0 N–H and O–H groups in total. The number of halogens is 3. The molecule has 2 fully saturated rings. The third-order valence-corrected chi connectivity index (χ3v) is 6.86. The van der Waals surface area contributed by atoms with Crippen molar-refractivity contribution in [1.82, 2.24) is 14.8 Å². The van der Waals surface area contributed by atoms with Gasteiger partial charge in [0.15, 0.2) is 9.84 Å². The van der Waals surface area contributed by atoms with Gasteiger partial charge in [0.05, 0.1) is 24.5 Å². The van der Waals surface area contributed by atoms with Gasteiger partial charge in [0.1, 0.15) is 12.0 Å². The standard InChI is InChI=1S/C22H26F3N3O5S/c1-34(30,31)14-20-26-19(13-33-20)17-10-16(15-2-4-18(5-3-15)22(23,24)25)11-28(12-17)21(29)27-6-8-32-9-7-27/h2-5,13,16-17H,6-12,14H2,1H3. The molecule has 0 bridgehead atoms. The van der Waals surface area contributed by atoms with Crippen molar-refractivity contribution in [3.05, 3.63) is 53.2 Å². The quantitative estimate of drug-likeness (QED) is 0.639. The van der Waals surface area contributed by atoms with Gasteiger partial charge >= 0.3 is 12.2 Å². The van der Waals surface area contributed by atoms with E-state index in [9.17, 15) is 26.4 Å². The molecule has 2 saturated heterocycles. The summed E-state index contributed by atoms with van der Waals surface area (Å²) < 4.78 is 72.9. The Morgan fingerprint density at radius 2 is 1.74 bits per heavy atom. The van der Waals surface area contributed by atoms with E-state index >= 15 is 0 Å². The second-order valence-electron chi connectivity index (χ2n) is 8.77. The monoisotopic (exact) mass is 501 g/mol. The Kier molecular flexibility index (Phi) is 6.90. The predicted octanol–water partition coefficient (Wildman–Crippen LogP) is 3.26. The Labute approximate surface area is 195 Å². The van der Waals surface area contributed by atoms with Crippen molar-refractivity contribution < 1.29 is 35.5 Å². The highest BCUT2D eigenvalue weighted by Crippen LogP contribution is 2.37. The number of urea groups is 1. The lowest BCUT2D eigenvalue weighted by atomic mass is 9.83. The highest BCUT2D eigenvalue weighted by Gasteiger charge is 2.36. The minimum absolute atomic E-state index is 0.0696. The average Bonchev–Trinajstić information content (AvgIpc) is 3.25. The maximum Gasteiger partial charge on any atom is 0.416 e. The first kappa shape index (κ1) is 24.5. The van der Waals surface area contributed by atoms with Gasteiger partial charge in [0.2, 0.25) is 5.89 Å². The molecular weight excluding hydrogens is 475 g/mol. The van der Waals surface area contributed by atoms with Crippen LogP contribution in [0.3, 0.4) is 0 Å². The van der Waals surface area contributed by atoms with Gasteiger partial charge in [-0.25, -0.2) is 18.2 Å². The Bertz CT molecular complexity index is 1110. The van der Waals surface area contributed by atoms with E-state index in [1.165, 1.54) is 18.4 Å². The van der Waals surface area contributed by atoms with Crippen LogP contribution in [0.5, 0.6) is 0 Å². The number of morpholine rings is 1. The van der Waals surface area contributed by atoms with Crippen LogP contribution >= 0.6 is 0 Å². The van der Waals surface area contributed by atoms with Crippen molar-refractivity contribution in [3.8, 4) is 0 Å². The van der Waals surface area contributed by atoms with Crippen LogP contribution in [0.15, 0.2) is 34.9 Å². The van der Waals surface area contributed by atoms with Crippen LogP contribution in [0, 0.1) is 0 Å². The summed E-state index contributed by atoms with van der Waals surface area (Å²) in [4.78, 5) is 20.9. The van der Waals surface area contributed by atoms with Crippen LogP contribution in [0.1, 0.15) is 41.0 Å². The zero-order valence-electron chi connectivity index (χ0n) is 18.6. The number of piperidine rings is 1. The number of benzene rings is 1. The second kappa shape index (κ2) is 9.57. The Morgan fingerprint density at radius 3 is 2.35 bits per heavy atom. The molecule has 4 rings (SSSR count). The Balaban J connectivity index is 1.59. The van der Waals surface area contributed by atoms with Crippen LogP contribution < -0.4 is 0 Å². The molecule has 0 radical (unpaired) electrons. The van der Waals surface area contributed by atoms with E-state index < -0.39 is 21.6 Å². The fraction of sp³-hybridized carbons (Fsp3) is 0.545. The molecule has 2 atom stereocenters. The third kappa shape index (κ3) is 5.90. The van der Waals surface area contributed by atoms with Crippen LogP contribution in [0.2, 0.25) is 0 Å². The molecule has 34 heavy (non-hydrogen) atoms. The van der Waals surface area contributed by atoms with E-state index in [1.54, 1.807) is 9.80 Å². The molecule has 2 amide bonds. The number of nitrogens with zero attached hydrogens (tertiary/aromatic N) is 3. The minimum Gasteiger partial charge on any atom is -0.448 e. The normalized spacial score (nSPS) is 22.1. The smallest absolute Gasteiger partial charge is 0.416 e.